The zero-order valence-electron chi connectivity index (χ0n) is 13.4. The first-order valence-electron chi connectivity index (χ1n) is 8.78. The number of rotatable bonds is 1. The smallest absolute Gasteiger partial charge is 0.407 e. The number of ether oxygens (including phenoxy) is 1. The van der Waals surface area contributed by atoms with Crippen LogP contribution in [0.3, 0.4) is 0 Å². The minimum Gasteiger partial charge on any atom is -0.465 e. The number of nitrogens with zero attached hydrogens (tertiary/aromatic N) is 2. The third kappa shape index (κ3) is 2.65. The van der Waals surface area contributed by atoms with Gasteiger partial charge in [0, 0.05) is 31.1 Å². The first-order chi connectivity index (χ1) is 11.1. The Labute approximate surface area is 135 Å². The summed E-state index contributed by atoms with van der Waals surface area (Å²) in [5.41, 5.74) is -0.313. The van der Waals surface area contributed by atoms with Crippen molar-refractivity contribution < 1.29 is 19.4 Å². The van der Waals surface area contributed by atoms with Gasteiger partial charge in [-0.3, -0.25) is 0 Å². The summed E-state index contributed by atoms with van der Waals surface area (Å²) in [6.45, 7) is 2.59. The molecule has 3 atom stereocenters. The summed E-state index contributed by atoms with van der Waals surface area (Å²) in [6, 6.07) is 0.863. The van der Waals surface area contributed by atoms with Crippen LogP contribution in [0.25, 0.3) is 0 Å². The predicted molar refractivity (Wildman–Crippen MR) is 82.3 cm³/mol. The Morgan fingerprint density at radius 3 is 2.52 bits per heavy atom. The summed E-state index contributed by atoms with van der Waals surface area (Å²) in [5.74, 6) is 0. The first kappa shape index (κ1) is 15.1. The molecule has 0 aliphatic carbocycles. The van der Waals surface area contributed by atoms with Gasteiger partial charge < -0.3 is 25.0 Å². The molecule has 0 aromatic heterocycles. The highest BCUT2D eigenvalue weighted by Crippen LogP contribution is 2.39. The van der Waals surface area contributed by atoms with Crippen LogP contribution in [0.15, 0.2) is 0 Å². The highest BCUT2D eigenvalue weighted by Gasteiger charge is 2.46. The maximum Gasteiger partial charge on any atom is 0.407 e. The molecule has 128 valence electrons. The Kier molecular flexibility index (Phi) is 3.63. The molecule has 4 aliphatic rings. The fraction of sp³-hybridized carbons (Fsp3) is 0.875. The minimum atomic E-state index is -0.755. The van der Waals surface area contributed by atoms with Crippen molar-refractivity contribution in [3.05, 3.63) is 0 Å². The molecule has 2 amide bonds. The molecule has 0 radical (unpaired) electrons. The molecule has 0 aromatic rings. The molecule has 4 saturated heterocycles. The van der Waals surface area contributed by atoms with E-state index in [0.717, 1.165) is 58.0 Å². The second-order valence-corrected chi connectivity index (χ2v) is 7.52. The van der Waals surface area contributed by atoms with Crippen LogP contribution in [0.5, 0.6) is 0 Å². The highest BCUT2D eigenvalue weighted by molar-refractivity contribution is 5.70. The number of carboxylic acid groups (broad SMARTS) is 1. The van der Waals surface area contributed by atoms with Crippen molar-refractivity contribution in [2.24, 2.45) is 0 Å². The van der Waals surface area contributed by atoms with Gasteiger partial charge in [0.15, 0.2) is 0 Å². The molecule has 4 heterocycles. The number of piperidine rings is 1. The van der Waals surface area contributed by atoms with Gasteiger partial charge in [0.1, 0.15) is 5.60 Å². The van der Waals surface area contributed by atoms with E-state index in [1.165, 1.54) is 0 Å². The maximum absolute atomic E-state index is 11.4. The Bertz CT molecular complexity index is 500. The van der Waals surface area contributed by atoms with Gasteiger partial charge in [-0.15, -0.1) is 0 Å². The third-order valence-corrected chi connectivity index (χ3v) is 6.24. The quantitative estimate of drug-likeness (QED) is 0.766. The van der Waals surface area contributed by atoms with Crippen LogP contribution in [0.2, 0.25) is 0 Å². The molecule has 23 heavy (non-hydrogen) atoms. The van der Waals surface area contributed by atoms with Crippen molar-refractivity contribution in [1.29, 1.82) is 0 Å². The van der Waals surface area contributed by atoms with E-state index >= 15 is 0 Å². The van der Waals surface area contributed by atoms with Crippen LogP contribution in [0.1, 0.15) is 44.9 Å². The molecule has 1 spiro atoms. The Morgan fingerprint density at radius 2 is 1.91 bits per heavy atom. The van der Waals surface area contributed by atoms with Gasteiger partial charge in [0.25, 0.3) is 0 Å². The van der Waals surface area contributed by atoms with Crippen molar-refractivity contribution in [3.8, 4) is 0 Å². The number of hydrogen-bond acceptors (Lipinski definition) is 4. The van der Waals surface area contributed by atoms with E-state index in [2.05, 4.69) is 10.2 Å². The molecule has 4 fully saturated rings. The maximum atomic E-state index is 11.4. The lowest BCUT2D eigenvalue weighted by molar-refractivity contribution is 0.0363. The van der Waals surface area contributed by atoms with Crippen LogP contribution in [0.4, 0.5) is 9.59 Å². The van der Waals surface area contributed by atoms with Gasteiger partial charge in [-0.25, -0.2) is 9.59 Å². The van der Waals surface area contributed by atoms with Crippen molar-refractivity contribution in [3.63, 3.8) is 0 Å². The summed E-state index contributed by atoms with van der Waals surface area (Å²) < 4.78 is 5.55. The number of likely N-dealkylation sites (tertiary alicyclic amines) is 1. The number of carbonyl (C=O) groups is 2. The topological polar surface area (TPSA) is 82.1 Å². The number of amides is 2. The summed E-state index contributed by atoms with van der Waals surface area (Å²) >= 11 is 0. The van der Waals surface area contributed by atoms with Gasteiger partial charge in [-0.2, -0.15) is 0 Å². The molecule has 0 saturated carbocycles. The standard InChI is InChI=1S/C16H25N3O4/c20-14-17-10-16(23-14)4-1-6-18(7-5-16)13-8-11-2-3-12(9-13)19(11)15(21)22/h11-13H,1-10H2,(H,17,20)(H,21,22). The molecule has 2 N–H and O–H groups in total. The van der Waals surface area contributed by atoms with Gasteiger partial charge in [0.05, 0.1) is 6.54 Å². The minimum absolute atomic E-state index is 0.194. The van der Waals surface area contributed by atoms with Crippen molar-refractivity contribution >= 4 is 12.2 Å². The lowest BCUT2D eigenvalue weighted by atomic mass is 9.94. The lowest BCUT2D eigenvalue weighted by Crippen LogP contribution is -2.52. The molecule has 3 unspecified atom stereocenters. The summed E-state index contributed by atoms with van der Waals surface area (Å²) in [6.07, 6.45) is 5.70. The zero-order chi connectivity index (χ0) is 16.0. The van der Waals surface area contributed by atoms with E-state index in [0.29, 0.717) is 12.6 Å². The van der Waals surface area contributed by atoms with E-state index < -0.39 is 6.09 Å². The monoisotopic (exact) mass is 323 g/mol. The predicted octanol–water partition coefficient (Wildman–Crippen LogP) is 1.62. The van der Waals surface area contributed by atoms with Gasteiger partial charge >= 0.3 is 12.2 Å². The number of hydrogen-bond donors (Lipinski definition) is 2. The molecule has 4 rings (SSSR count). The third-order valence-electron chi connectivity index (χ3n) is 6.24. The van der Waals surface area contributed by atoms with Crippen LogP contribution >= 0.6 is 0 Å². The van der Waals surface area contributed by atoms with E-state index in [9.17, 15) is 14.7 Å². The van der Waals surface area contributed by atoms with Crippen LogP contribution in [-0.4, -0.2) is 70.5 Å². The fourth-order valence-electron chi connectivity index (χ4n) is 5.09. The largest absolute Gasteiger partial charge is 0.465 e. The summed E-state index contributed by atoms with van der Waals surface area (Å²) in [5, 5.41) is 12.2. The molecule has 4 aliphatic heterocycles. The molecule has 0 aromatic carbocycles. The average Bonchev–Trinajstić information content (AvgIpc) is 2.91. The number of alkyl carbamates (subject to hydrolysis) is 1. The molecular formula is C16H25N3O4. The molecular weight excluding hydrogens is 298 g/mol. The van der Waals surface area contributed by atoms with Crippen molar-refractivity contribution in [2.45, 2.75) is 68.7 Å². The molecule has 7 nitrogen and oxygen atoms in total. The van der Waals surface area contributed by atoms with Crippen LogP contribution in [-0.2, 0) is 4.74 Å². The lowest BCUT2D eigenvalue weighted by Gasteiger charge is -2.42. The van der Waals surface area contributed by atoms with E-state index in [-0.39, 0.29) is 23.8 Å². The van der Waals surface area contributed by atoms with Crippen LogP contribution < -0.4 is 5.32 Å². The molecule has 7 heteroatoms. The normalized spacial score (nSPS) is 40.8. The number of fused-ring (bicyclic) bond motifs is 2. The average molecular weight is 323 g/mol. The second kappa shape index (κ2) is 5.54. The number of carbonyl (C=O) groups excluding carboxylic acids is 1. The summed E-state index contributed by atoms with van der Waals surface area (Å²) in [7, 11) is 0. The fourth-order valence-corrected chi connectivity index (χ4v) is 5.09. The second-order valence-electron chi connectivity index (χ2n) is 7.52. The van der Waals surface area contributed by atoms with Gasteiger partial charge in [-0.1, -0.05) is 0 Å². The van der Waals surface area contributed by atoms with E-state index in [4.69, 9.17) is 4.74 Å². The first-order valence-corrected chi connectivity index (χ1v) is 8.78. The SMILES string of the molecule is O=C1NCC2(CCCN(C3CC4CCC(C3)N4C(=O)O)CC2)O1. The Hall–Kier alpha value is -1.50. The highest BCUT2D eigenvalue weighted by atomic mass is 16.6. The van der Waals surface area contributed by atoms with Crippen molar-refractivity contribution in [2.75, 3.05) is 19.6 Å². The van der Waals surface area contributed by atoms with Gasteiger partial charge in [-0.05, 0) is 45.1 Å². The number of nitrogens with one attached hydrogen (secondary N) is 1. The van der Waals surface area contributed by atoms with Crippen molar-refractivity contribution in [1.82, 2.24) is 15.1 Å². The molecule has 2 bridgehead atoms. The zero-order valence-corrected chi connectivity index (χ0v) is 13.4. The Morgan fingerprint density at radius 1 is 1.17 bits per heavy atom. The summed E-state index contributed by atoms with van der Waals surface area (Å²) in [4.78, 5) is 27.0. The Balaban J connectivity index is 1.40. The van der Waals surface area contributed by atoms with Crippen LogP contribution in [0, 0.1) is 0 Å². The van der Waals surface area contributed by atoms with E-state index in [1.807, 2.05) is 0 Å². The van der Waals surface area contributed by atoms with E-state index in [1.54, 1.807) is 4.90 Å². The van der Waals surface area contributed by atoms with Gasteiger partial charge in [0.2, 0.25) is 0 Å².